The number of hydrogen-bond acceptors (Lipinski definition) is 4. The number of benzene rings is 2. The number of nitrogens with one attached hydrogen (secondary N) is 1. The minimum absolute atomic E-state index is 0.0661. The molecule has 2 aromatic carbocycles. The molecule has 1 unspecified atom stereocenters. The maximum absolute atomic E-state index is 14.0. The molecule has 0 aromatic heterocycles. The van der Waals surface area contributed by atoms with E-state index in [0.29, 0.717) is 29.1 Å². The van der Waals surface area contributed by atoms with Crippen molar-refractivity contribution < 1.29 is 23.5 Å². The second kappa shape index (κ2) is 6.03. The summed E-state index contributed by atoms with van der Waals surface area (Å²) in [6.07, 6.45) is 0.0563. The molecule has 0 saturated heterocycles. The summed E-state index contributed by atoms with van der Waals surface area (Å²) in [5, 5.41) is 20.4. The lowest BCUT2D eigenvalue weighted by Gasteiger charge is -2.22. The number of aliphatic hydroxyl groups excluding tert-OH is 1. The molecule has 0 saturated carbocycles. The van der Waals surface area contributed by atoms with E-state index in [2.05, 4.69) is 21.4 Å². The molecule has 1 aliphatic rings. The lowest BCUT2D eigenvalue weighted by Crippen LogP contribution is -2.27. The second-order valence-electron chi connectivity index (χ2n) is 5.19. The molecule has 0 bridgehead atoms. The number of halogens is 4. The van der Waals surface area contributed by atoms with E-state index < -0.39 is 23.6 Å². The van der Waals surface area contributed by atoms with Crippen molar-refractivity contribution >= 4 is 27.3 Å². The van der Waals surface area contributed by atoms with Crippen molar-refractivity contribution in [2.45, 2.75) is 18.9 Å². The molecule has 8 heteroatoms. The molecule has 1 atom stereocenters. The van der Waals surface area contributed by atoms with Crippen LogP contribution in [0.1, 0.15) is 23.7 Å². The van der Waals surface area contributed by atoms with Gasteiger partial charge in [-0.25, -0.2) is 13.2 Å². The molecule has 1 aliphatic carbocycles. The Bertz CT molecular complexity index is 773. The van der Waals surface area contributed by atoms with Crippen LogP contribution in [-0.2, 0) is 6.42 Å². The molecule has 4 nitrogen and oxygen atoms in total. The van der Waals surface area contributed by atoms with Gasteiger partial charge in [-0.1, -0.05) is 0 Å². The van der Waals surface area contributed by atoms with Crippen LogP contribution in [0.25, 0.3) is 0 Å². The van der Waals surface area contributed by atoms with Crippen LogP contribution >= 0.6 is 15.9 Å². The van der Waals surface area contributed by atoms with Gasteiger partial charge in [0.25, 0.3) is 0 Å². The number of aliphatic hydroxyl groups is 1. The first-order chi connectivity index (χ1) is 10.9. The molecule has 0 spiro atoms. The Morgan fingerprint density at radius 1 is 1.22 bits per heavy atom. The first-order valence-electron chi connectivity index (χ1n) is 6.78. The zero-order valence-electron chi connectivity index (χ0n) is 11.7. The number of hydrazine groups is 1. The van der Waals surface area contributed by atoms with E-state index in [0.717, 1.165) is 18.2 Å². The third-order valence-electron chi connectivity index (χ3n) is 3.74. The van der Waals surface area contributed by atoms with E-state index in [1.54, 1.807) is 0 Å². The minimum Gasteiger partial charge on any atom is -0.388 e. The van der Waals surface area contributed by atoms with E-state index in [4.69, 9.17) is 0 Å². The van der Waals surface area contributed by atoms with Gasteiger partial charge in [0.1, 0.15) is 11.6 Å². The molecule has 0 heterocycles. The van der Waals surface area contributed by atoms with Crippen LogP contribution in [0, 0.1) is 17.5 Å². The molecule has 3 rings (SSSR count). The Hall–Kier alpha value is -1.77. The van der Waals surface area contributed by atoms with Gasteiger partial charge in [-0.05, 0) is 58.1 Å². The molecule has 23 heavy (non-hydrogen) atoms. The highest BCUT2D eigenvalue weighted by atomic mass is 79.9. The Balaban J connectivity index is 1.95. The van der Waals surface area contributed by atoms with Gasteiger partial charge in [0.2, 0.25) is 0 Å². The maximum atomic E-state index is 14.0. The topological polar surface area (TPSA) is 55.7 Å². The van der Waals surface area contributed by atoms with Crippen molar-refractivity contribution in [1.29, 1.82) is 0 Å². The van der Waals surface area contributed by atoms with Gasteiger partial charge >= 0.3 is 0 Å². The summed E-state index contributed by atoms with van der Waals surface area (Å²) < 4.78 is 40.5. The summed E-state index contributed by atoms with van der Waals surface area (Å²) in [4.78, 5) is 0. The predicted octanol–water partition coefficient (Wildman–Crippen LogP) is 4.07. The molecule has 0 radical (unpaired) electrons. The Morgan fingerprint density at radius 2 is 1.96 bits per heavy atom. The van der Waals surface area contributed by atoms with Crippen LogP contribution in [0.4, 0.5) is 24.5 Å². The van der Waals surface area contributed by atoms with Gasteiger partial charge in [-0.15, -0.1) is 0 Å². The highest BCUT2D eigenvalue weighted by Gasteiger charge is 2.26. The highest BCUT2D eigenvalue weighted by molar-refractivity contribution is 9.10. The number of fused-ring (bicyclic) bond motifs is 1. The third-order valence-corrected chi connectivity index (χ3v) is 4.47. The summed E-state index contributed by atoms with van der Waals surface area (Å²) in [6, 6.07) is 4.40. The average Bonchev–Trinajstić information content (AvgIpc) is 2.88. The molecular weight excluding hydrogens is 377 g/mol. The smallest absolute Gasteiger partial charge is 0.165 e. The fourth-order valence-corrected chi connectivity index (χ4v) is 2.97. The second-order valence-corrected chi connectivity index (χ2v) is 5.99. The summed E-state index contributed by atoms with van der Waals surface area (Å²) >= 11 is 2.76. The molecule has 0 fully saturated rings. The van der Waals surface area contributed by atoms with Gasteiger partial charge in [-0.3, -0.25) is 10.6 Å². The molecule has 0 amide bonds. The highest BCUT2D eigenvalue weighted by Crippen LogP contribution is 2.38. The van der Waals surface area contributed by atoms with E-state index in [1.165, 1.54) is 6.07 Å². The van der Waals surface area contributed by atoms with Gasteiger partial charge < -0.3 is 5.11 Å². The first-order valence-corrected chi connectivity index (χ1v) is 7.57. The van der Waals surface area contributed by atoms with Crippen molar-refractivity contribution in [3.63, 3.8) is 0 Å². The predicted molar refractivity (Wildman–Crippen MR) is 81.6 cm³/mol. The van der Waals surface area contributed by atoms with E-state index >= 15 is 0 Å². The molecule has 2 aromatic rings. The summed E-state index contributed by atoms with van der Waals surface area (Å²) in [5.41, 5.74) is 3.16. The van der Waals surface area contributed by atoms with Gasteiger partial charge in [0, 0.05) is 6.07 Å². The van der Waals surface area contributed by atoms with Gasteiger partial charge in [0.05, 0.1) is 22.0 Å². The van der Waals surface area contributed by atoms with Gasteiger partial charge in [0.15, 0.2) is 5.82 Å². The number of nitrogens with zero attached hydrogens (tertiary/aromatic N) is 1. The van der Waals surface area contributed by atoms with Crippen molar-refractivity contribution in [1.82, 2.24) is 0 Å². The minimum atomic E-state index is -0.933. The van der Waals surface area contributed by atoms with Crippen LogP contribution in [-0.4, -0.2) is 10.3 Å². The van der Waals surface area contributed by atoms with E-state index in [1.807, 2.05) is 0 Å². The van der Waals surface area contributed by atoms with E-state index in [-0.39, 0.29) is 15.8 Å². The quantitative estimate of drug-likeness (QED) is 0.547. The zero-order chi connectivity index (χ0) is 16.7. The van der Waals surface area contributed by atoms with E-state index in [9.17, 15) is 23.5 Å². The van der Waals surface area contributed by atoms with Crippen molar-refractivity contribution in [3.8, 4) is 0 Å². The molecular formula is C15H12BrF3N2O2. The summed E-state index contributed by atoms with van der Waals surface area (Å²) in [7, 11) is 0. The molecule has 122 valence electrons. The van der Waals surface area contributed by atoms with Crippen molar-refractivity contribution in [2.75, 3.05) is 10.6 Å². The fourth-order valence-electron chi connectivity index (χ4n) is 2.62. The number of hydrogen-bond donors (Lipinski definition) is 3. The van der Waals surface area contributed by atoms with Gasteiger partial charge in [-0.2, -0.15) is 5.17 Å². The SMILES string of the molecule is OC1CCc2c1cc(F)cc2N(O)Nc1ccc(F)c(Br)c1F. The Morgan fingerprint density at radius 3 is 2.70 bits per heavy atom. The standard InChI is InChI=1S/C15H12BrF3N2O2/c16-14-10(18)2-3-11(15(14)19)20-21(23)12-6-7(17)5-9-8(12)1-4-13(9)22/h2-3,5-6,13,20,22-23H,1,4H2. The van der Waals surface area contributed by atoms with Crippen LogP contribution in [0.2, 0.25) is 0 Å². The van der Waals surface area contributed by atoms with Crippen LogP contribution < -0.4 is 10.6 Å². The lowest BCUT2D eigenvalue weighted by molar-refractivity contribution is 0.179. The summed E-state index contributed by atoms with van der Waals surface area (Å²) in [5.74, 6) is -2.36. The van der Waals surface area contributed by atoms with Crippen molar-refractivity contribution in [2.24, 2.45) is 0 Å². The maximum Gasteiger partial charge on any atom is 0.165 e. The third kappa shape index (κ3) is 2.89. The normalized spacial score (nSPS) is 16.3. The summed E-state index contributed by atoms with van der Waals surface area (Å²) in [6.45, 7) is 0. The van der Waals surface area contributed by atoms with Crippen LogP contribution in [0.3, 0.4) is 0 Å². The van der Waals surface area contributed by atoms with Crippen molar-refractivity contribution in [3.05, 3.63) is 57.3 Å². The number of rotatable bonds is 3. The fraction of sp³-hybridized carbons (Fsp3) is 0.200. The van der Waals surface area contributed by atoms with Crippen LogP contribution in [0.15, 0.2) is 28.7 Å². The number of anilines is 2. The molecule has 0 aliphatic heterocycles. The average molecular weight is 389 g/mol. The largest absolute Gasteiger partial charge is 0.388 e. The van der Waals surface area contributed by atoms with Crippen LogP contribution in [0.5, 0.6) is 0 Å². The zero-order valence-corrected chi connectivity index (χ0v) is 13.2. The Labute approximate surface area is 138 Å². The lowest BCUT2D eigenvalue weighted by atomic mass is 10.1. The molecule has 3 N–H and O–H groups in total. The Kier molecular flexibility index (Phi) is 4.22. The first kappa shape index (κ1) is 16.1. The monoisotopic (exact) mass is 388 g/mol.